The van der Waals surface area contributed by atoms with Crippen molar-refractivity contribution in [2.75, 3.05) is 43.1 Å². The van der Waals surface area contributed by atoms with Crippen LogP contribution >= 0.6 is 7.60 Å². The van der Waals surface area contributed by atoms with Crippen LogP contribution in [0.5, 0.6) is 0 Å². The van der Waals surface area contributed by atoms with Gasteiger partial charge in [0.2, 0.25) is 0 Å². The first-order valence-corrected chi connectivity index (χ1v) is 12.8. The lowest BCUT2D eigenvalue weighted by molar-refractivity contribution is 0.0526. The molecule has 32 heavy (non-hydrogen) atoms. The van der Waals surface area contributed by atoms with Crippen molar-refractivity contribution in [3.05, 3.63) is 59.7 Å². The minimum absolute atomic E-state index is 0.259. The largest absolute Gasteiger partial charge is 0.462 e. The fraction of sp³-hybridized carbons (Fsp3) is 0.458. The lowest BCUT2D eigenvalue weighted by atomic mass is 10.1. The number of carbonyl (C=O) groups is 1. The third-order valence-corrected chi connectivity index (χ3v) is 7.27. The van der Waals surface area contributed by atoms with Crippen LogP contribution in [0.25, 0.3) is 0 Å². The Morgan fingerprint density at radius 3 is 1.91 bits per heavy atom. The third-order valence-electron chi connectivity index (χ3n) is 4.97. The fourth-order valence-corrected chi connectivity index (χ4v) is 5.36. The summed E-state index contributed by atoms with van der Waals surface area (Å²) in [5, 5.41) is 3.30. The zero-order valence-electron chi connectivity index (χ0n) is 19.7. The second-order valence-electron chi connectivity index (χ2n) is 6.98. The summed E-state index contributed by atoms with van der Waals surface area (Å²) >= 11 is 0. The number of rotatable bonds is 13. The first-order chi connectivity index (χ1) is 15.4. The van der Waals surface area contributed by atoms with Gasteiger partial charge in [0, 0.05) is 24.5 Å². The van der Waals surface area contributed by atoms with Crippen LogP contribution in [0, 0.1) is 0 Å². The maximum Gasteiger partial charge on any atom is 0.357 e. The SMILES string of the molecule is CCOC(=O)c1ccc(NC(c2ccc(N(CC)CC)cc2)P(=O)(OCC)OCC)cc1. The van der Waals surface area contributed by atoms with Gasteiger partial charge in [0.05, 0.1) is 25.4 Å². The van der Waals surface area contributed by atoms with Crippen molar-refractivity contribution in [3.63, 3.8) is 0 Å². The van der Waals surface area contributed by atoms with E-state index in [1.165, 1.54) is 0 Å². The van der Waals surface area contributed by atoms with Gasteiger partial charge in [0.15, 0.2) is 5.78 Å². The van der Waals surface area contributed by atoms with Crippen LogP contribution in [0.3, 0.4) is 0 Å². The standard InChI is InChI=1S/C24H35N2O5P/c1-6-26(7-2)22-17-13-19(14-18-22)23(32(28,30-9-4)31-10-5)25-21-15-11-20(12-16-21)24(27)29-8-3/h11-18,23,25H,6-10H2,1-5H3. The molecular weight excluding hydrogens is 427 g/mol. The number of hydrogen-bond donors (Lipinski definition) is 1. The minimum atomic E-state index is -3.53. The average Bonchev–Trinajstić information content (AvgIpc) is 2.80. The van der Waals surface area contributed by atoms with Crippen LogP contribution in [-0.4, -0.2) is 38.9 Å². The Bertz CT molecular complexity index is 872. The summed E-state index contributed by atoms with van der Waals surface area (Å²) in [5.74, 6) is -1.08. The van der Waals surface area contributed by atoms with Gasteiger partial charge in [-0.05, 0) is 76.6 Å². The van der Waals surface area contributed by atoms with E-state index in [1.54, 1.807) is 45.0 Å². The molecule has 0 aliphatic heterocycles. The molecule has 0 aromatic heterocycles. The second kappa shape index (κ2) is 12.6. The molecule has 1 unspecified atom stereocenters. The van der Waals surface area contributed by atoms with Crippen molar-refractivity contribution in [1.82, 2.24) is 0 Å². The average molecular weight is 463 g/mol. The summed E-state index contributed by atoms with van der Waals surface area (Å²) in [6.07, 6.45) is 0. The number of carbonyl (C=O) groups excluding carboxylic acids is 1. The highest BCUT2D eigenvalue weighted by Gasteiger charge is 2.37. The second-order valence-corrected chi connectivity index (χ2v) is 9.10. The topological polar surface area (TPSA) is 77.1 Å². The Hall–Kier alpha value is -2.34. The first-order valence-electron chi connectivity index (χ1n) is 11.2. The Morgan fingerprint density at radius 1 is 0.875 bits per heavy atom. The van der Waals surface area contributed by atoms with Gasteiger partial charge in [-0.15, -0.1) is 0 Å². The van der Waals surface area contributed by atoms with Gasteiger partial charge >= 0.3 is 13.6 Å². The van der Waals surface area contributed by atoms with E-state index < -0.39 is 13.4 Å². The van der Waals surface area contributed by atoms with Crippen molar-refractivity contribution in [3.8, 4) is 0 Å². The van der Waals surface area contributed by atoms with E-state index in [9.17, 15) is 9.36 Å². The van der Waals surface area contributed by atoms with Crippen molar-refractivity contribution in [1.29, 1.82) is 0 Å². The molecule has 0 spiro atoms. The molecule has 2 rings (SSSR count). The molecule has 7 nitrogen and oxygen atoms in total. The van der Waals surface area contributed by atoms with E-state index in [0.717, 1.165) is 24.3 Å². The monoisotopic (exact) mass is 462 g/mol. The van der Waals surface area contributed by atoms with Crippen molar-refractivity contribution < 1.29 is 23.1 Å². The normalized spacial score (nSPS) is 12.3. The van der Waals surface area contributed by atoms with Crippen LogP contribution < -0.4 is 10.2 Å². The number of anilines is 2. The number of nitrogens with zero attached hydrogens (tertiary/aromatic N) is 1. The van der Waals surface area contributed by atoms with E-state index in [0.29, 0.717) is 17.9 Å². The van der Waals surface area contributed by atoms with E-state index in [1.807, 2.05) is 24.3 Å². The van der Waals surface area contributed by atoms with Crippen molar-refractivity contribution in [2.24, 2.45) is 0 Å². The Labute approximate surface area is 191 Å². The molecule has 0 fully saturated rings. The molecule has 1 N–H and O–H groups in total. The molecule has 8 heteroatoms. The lowest BCUT2D eigenvalue weighted by Gasteiger charge is -2.29. The number of nitrogens with one attached hydrogen (secondary N) is 1. The fourth-order valence-electron chi connectivity index (χ4n) is 3.42. The summed E-state index contributed by atoms with van der Waals surface area (Å²) in [6.45, 7) is 12.2. The molecule has 0 aliphatic carbocycles. The molecule has 0 saturated heterocycles. The number of ether oxygens (including phenoxy) is 1. The van der Waals surface area contributed by atoms with Crippen molar-refractivity contribution >= 4 is 24.9 Å². The zero-order chi connectivity index (χ0) is 23.6. The smallest absolute Gasteiger partial charge is 0.357 e. The number of benzene rings is 2. The van der Waals surface area contributed by atoms with Gasteiger partial charge in [0.25, 0.3) is 0 Å². The quantitative estimate of drug-likeness (QED) is 0.285. The summed E-state index contributed by atoms with van der Waals surface area (Å²) < 4.78 is 30.1. The number of hydrogen-bond acceptors (Lipinski definition) is 7. The minimum Gasteiger partial charge on any atom is -0.462 e. The Morgan fingerprint density at radius 2 is 1.44 bits per heavy atom. The van der Waals surface area contributed by atoms with Crippen LogP contribution in [0.15, 0.2) is 48.5 Å². The van der Waals surface area contributed by atoms with Gasteiger partial charge < -0.3 is 24.0 Å². The molecule has 0 saturated carbocycles. The lowest BCUT2D eigenvalue weighted by Crippen LogP contribution is -2.22. The highest BCUT2D eigenvalue weighted by Crippen LogP contribution is 2.60. The Kier molecular flexibility index (Phi) is 10.2. The van der Waals surface area contributed by atoms with Crippen molar-refractivity contribution in [2.45, 2.75) is 40.4 Å². The molecule has 0 heterocycles. The highest BCUT2D eigenvalue weighted by molar-refractivity contribution is 7.54. The molecular formula is C24H35N2O5P. The summed E-state index contributed by atoms with van der Waals surface area (Å²) in [7, 11) is -3.53. The van der Waals surface area contributed by atoms with E-state index in [2.05, 4.69) is 24.1 Å². The van der Waals surface area contributed by atoms with Gasteiger partial charge in [-0.1, -0.05) is 12.1 Å². The molecule has 2 aromatic rings. The molecule has 0 aliphatic rings. The van der Waals surface area contributed by atoms with E-state index in [4.69, 9.17) is 13.8 Å². The Balaban J connectivity index is 2.39. The molecule has 176 valence electrons. The maximum absolute atomic E-state index is 13.7. The maximum atomic E-state index is 13.7. The summed E-state index contributed by atoms with van der Waals surface area (Å²) in [4.78, 5) is 14.2. The first kappa shape index (κ1) is 25.9. The molecule has 2 aromatic carbocycles. The highest BCUT2D eigenvalue weighted by atomic mass is 31.2. The molecule has 0 amide bonds. The summed E-state index contributed by atoms with van der Waals surface area (Å²) in [5.41, 5.74) is 3.03. The van der Waals surface area contributed by atoms with E-state index >= 15 is 0 Å². The predicted molar refractivity (Wildman–Crippen MR) is 130 cm³/mol. The summed E-state index contributed by atoms with van der Waals surface area (Å²) in [6, 6.07) is 14.8. The van der Waals surface area contributed by atoms with Gasteiger partial charge in [-0.25, -0.2) is 4.79 Å². The van der Waals surface area contributed by atoms with Crippen LogP contribution in [0.4, 0.5) is 11.4 Å². The van der Waals surface area contributed by atoms with Gasteiger partial charge in [-0.3, -0.25) is 4.57 Å². The number of esters is 1. The van der Waals surface area contributed by atoms with Gasteiger partial charge in [-0.2, -0.15) is 0 Å². The third kappa shape index (κ3) is 6.58. The molecule has 0 bridgehead atoms. The molecule has 1 atom stereocenters. The van der Waals surface area contributed by atoms with Crippen LogP contribution in [-0.2, 0) is 18.3 Å². The van der Waals surface area contributed by atoms with Crippen LogP contribution in [0.2, 0.25) is 0 Å². The van der Waals surface area contributed by atoms with E-state index in [-0.39, 0.29) is 19.2 Å². The predicted octanol–water partition coefficient (Wildman–Crippen LogP) is 6.09. The van der Waals surface area contributed by atoms with Gasteiger partial charge in [0.1, 0.15) is 0 Å². The molecule has 0 radical (unpaired) electrons. The van der Waals surface area contributed by atoms with Crippen LogP contribution in [0.1, 0.15) is 56.3 Å². The zero-order valence-corrected chi connectivity index (χ0v) is 20.6.